The Balaban J connectivity index is 0. The van der Waals surface area contributed by atoms with Crippen LogP contribution in [0.15, 0.2) is 0 Å². The molecule has 0 bridgehead atoms. The fourth-order valence-corrected chi connectivity index (χ4v) is 1.11. The SMILES string of the molecule is CC(C)(C)CCCCCC(=O)O.[Cu]. The van der Waals surface area contributed by atoms with Crippen LogP contribution >= 0.6 is 0 Å². The average Bonchev–Trinajstić information content (AvgIpc) is 1.83. The monoisotopic (exact) mass is 235 g/mol. The smallest absolute Gasteiger partial charge is 0.303 e. The zero-order chi connectivity index (χ0) is 9.61. The van der Waals surface area contributed by atoms with Crippen molar-refractivity contribution in [1.29, 1.82) is 0 Å². The van der Waals surface area contributed by atoms with Crippen LogP contribution in [0.4, 0.5) is 0 Å². The number of carboxylic acids is 1. The molecule has 0 fully saturated rings. The number of unbranched alkanes of at least 4 members (excludes halogenated alkanes) is 2. The maximum absolute atomic E-state index is 10.2. The van der Waals surface area contributed by atoms with E-state index < -0.39 is 5.97 Å². The topological polar surface area (TPSA) is 37.3 Å². The summed E-state index contributed by atoms with van der Waals surface area (Å²) in [5, 5.41) is 8.37. The van der Waals surface area contributed by atoms with Crippen molar-refractivity contribution in [3.8, 4) is 0 Å². The minimum Gasteiger partial charge on any atom is -0.481 e. The fourth-order valence-electron chi connectivity index (χ4n) is 1.11. The molecule has 0 saturated heterocycles. The molecule has 0 aliphatic carbocycles. The summed E-state index contributed by atoms with van der Waals surface area (Å²) in [4.78, 5) is 10.2. The van der Waals surface area contributed by atoms with E-state index in [2.05, 4.69) is 20.8 Å². The fraction of sp³-hybridized carbons (Fsp3) is 0.900. The minimum atomic E-state index is -0.675. The Labute approximate surface area is 91.6 Å². The summed E-state index contributed by atoms with van der Waals surface area (Å²) < 4.78 is 0. The van der Waals surface area contributed by atoms with E-state index in [4.69, 9.17) is 5.11 Å². The maximum Gasteiger partial charge on any atom is 0.303 e. The molecule has 13 heavy (non-hydrogen) atoms. The van der Waals surface area contributed by atoms with Gasteiger partial charge in [-0.1, -0.05) is 33.6 Å². The first-order chi connectivity index (χ1) is 5.42. The molecule has 3 heteroatoms. The van der Waals surface area contributed by atoms with Gasteiger partial charge in [0.1, 0.15) is 0 Å². The molecular weight excluding hydrogens is 216 g/mol. The number of carbonyl (C=O) groups is 1. The van der Waals surface area contributed by atoms with Gasteiger partial charge in [-0.25, -0.2) is 0 Å². The van der Waals surface area contributed by atoms with Crippen molar-refractivity contribution in [3.63, 3.8) is 0 Å². The molecule has 0 aliphatic heterocycles. The Kier molecular flexibility index (Phi) is 8.80. The first-order valence-corrected chi connectivity index (χ1v) is 4.63. The molecule has 0 aliphatic rings. The summed E-state index contributed by atoms with van der Waals surface area (Å²) in [5.74, 6) is -0.675. The number of rotatable bonds is 5. The normalized spacial score (nSPS) is 10.7. The minimum absolute atomic E-state index is 0. The summed E-state index contributed by atoms with van der Waals surface area (Å²) in [5.41, 5.74) is 0.392. The van der Waals surface area contributed by atoms with Gasteiger partial charge in [-0.05, 0) is 18.3 Å². The van der Waals surface area contributed by atoms with Gasteiger partial charge in [0.25, 0.3) is 0 Å². The van der Waals surface area contributed by atoms with Crippen LogP contribution in [0.5, 0.6) is 0 Å². The third-order valence-electron chi connectivity index (χ3n) is 1.82. The van der Waals surface area contributed by atoms with E-state index in [0.29, 0.717) is 11.8 Å². The summed E-state index contributed by atoms with van der Waals surface area (Å²) in [6.07, 6.45) is 4.53. The Morgan fingerprint density at radius 2 is 1.69 bits per heavy atom. The molecule has 0 aromatic heterocycles. The maximum atomic E-state index is 10.2. The molecule has 0 unspecified atom stereocenters. The van der Waals surface area contributed by atoms with E-state index in [-0.39, 0.29) is 17.1 Å². The number of aliphatic carboxylic acids is 1. The van der Waals surface area contributed by atoms with Crippen molar-refractivity contribution in [2.24, 2.45) is 5.41 Å². The third kappa shape index (κ3) is 14.8. The molecule has 0 saturated carbocycles. The van der Waals surface area contributed by atoms with E-state index in [1.807, 2.05) is 0 Å². The van der Waals surface area contributed by atoms with Gasteiger partial charge in [0.05, 0.1) is 0 Å². The molecule has 0 aromatic rings. The molecule has 2 nitrogen and oxygen atoms in total. The van der Waals surface area contributed by atoms with E-state index >= 15 is 0 Å². The Bertz CT molecular complexity index is 138. The summed E-state index contributed by atoms with van der Waals surface area (Å²) in [6, 6.07) is 0. The van der Waals surface area contributed by atoms with Crippen LogP contribution in [0.3, 0.4) is 0 Å². The second kappa shape index (κ2) is 7.40. The zero-order valence-corrected chi connectivity index (χ0v) is 9.63. The quantitative estimate of drug-likeness (QED) is 0.588. The summed E-state index contributed by atoms with van der Waals surface area (Å²) in [6.45, 7) is 6.64. The van der Waals surface area contributed by atoms with E-state index in [9.17, 15) is 4.79 Å². The Morgan fingerprint density at radius 1 is 1.15 bits per heavy atom. The zero-order valence-electron chi connectivity index (χ0n) is 8.69. The van der Waals surface area contributed by atoms with Gasteiger partial charge in [-0.15, -0.1) is 0 Å². The molecule has 0 aromatic carbocycles. The van der Waals surface area contributed by atoms with Crippen LogP contribution in [0.2, 0.25) is 0 Å². The van der Waals surface area contributed by atoms with Crippen LogP contribution in [0, 0.1) is 5.41 Å². The first kappa shape index (κ1) is 15.5. The van der Waals surface area contributed by atoms with Crippen molar-refractivity contribution in [2.45, 2.75) is 52.9 Å². The van der Waals surface area contributed by atoms with E-state index in [1.54, 1.807) is 0 Å². The van der Waals surface area contributed by atoms with Gasteiger partial charge < -0.3 is 5.11 Å². The van der Waals surface area contributed by atoms with Crippen LogP contribution < -0.4 is 0 Å². The number of carboxylic acid groups (broad SMARTS) is 1. The summed E-state index contributed by atoms with van der Waals surface area (Å²) >= 11 is 0. The molecule has 0 spiro atoms. The van der Waals surface area contributed by atoms with Crippen LogP contribution in [-0.2, 0) is 21.9 Å². The van der Waals surface area contributed by atoms with Crippen molar-refractivity contribution in [3.05, 3.63) is 0 Å². The Morgan fingerprint density at radius 3 is 2.08 bits per heavy atom. The van der Waals surface area contributed by atoms with Crippen LogP contribution in [0.1, 0.15) is 52.9 Å². The Hall–Kier alpha value is -0.0105. The van der Waals surface area contributed by atoms with Gasteiger partial charge >= 0.3 is 5.97 Å². The third-order valence-corrected chi connectivity index (χ3v) is 1.82. The predicted octanol–water partition coefficient (Wildman–Crippen LogP) is 3.07. The molecular formula is C10H20CuO2. The molecule has 0 atom stereocenters. The molecule has 0 heterocycles. The van der Waals surface area contributed by atoms with Gasteiger partial charge in [0.2, 0.25) is 0 Å². The molecule has 1 N–H and O–H groups in total. The second-order valence-electron chi connectivity index (χ2n) is 4.52. The van der Waals surface area contributed by atoms with Gasteiger partial charge in [0, 0.05) is 23.5 Å². The number of hydrogen-bond acceptors (Lipinski definition) is 1. The number of hydrogen-bond donors (Lipinski definition) is 1. The molecule has 1 radical (unpaired) electrons. The average molecular weight is 236 g/mol. The van der Waals surface area contributed by atoms with Gasteiger partial charge in [-0.2, -0.15) is 0 Å². The second-order valence-corrected chi connectivity index (χ2v) is 4.52. The van der Waals surface area contributed by atoms with Gasteiger partial charge in [0.15, 0.2) is 0 Å². The largest absolute Gasteiger partial charge is 0.481 e. The molecule has 0 amide bonds. The summed E-state index contributed by atoms with van der Waals surface area (Å²) in [7, 11) is 0. The first-order valence-electron chi connectivity index (χ1n) is 4.63. The standard InChI is InChI=1S/C10H20O2.Cu/c1-10(2,3)8-6-4-5-7-9(11)12;/h4-8H2,1-3H3,(H,11,12);. The predicted molar refractivity (Wildman–Crippen MR) is 50.2 cm³/mol. The molecule has 0 rings (SSSR count). The van der Waals surface area contributed by atoms with Crippen LogP contribution in [-0.4, -0.2) is 11.1 Å². The van der Waals surface area contributed by atoms with Crippen molar-refractivity contribution in [1.82, 2.24) is 0 Å². The van der Waals surface area contributed by atoms with Crippen molar-refractivity contribution in [2.75, 3.05) is 0 Å². The van der Waals surface area contributed by atoms with E-state index in [0.717, 1.165) is 19.3 Å². The van der Waals surface area contributed by atoms with Crippen molar-refractivity contribution >= 4 is 5.97 Å². The van der Waals surface area contributed by atoms with Crippen molar-refractivity contribution < 1.29 is 27.0 Å². The van der Waals surface area contributed by atoms with Crippen LogP contribution in [0.25, 0.3) is 0 Å². The van der Waals surface area contributed by atoms with E-state index in [1.165, 1.54) is 6.42 Å². The van der Waals surface area contributed by atoms with Gasteiger partial charge in [-0.3, -0.25) is 4.79 Å². The molecule has 83 valence electrons.